The lowest BCUT2D eigenvalue weighted by molar-refractivity contribution is -0.118. The molecule has 1 aromatic heterocycles. The second-order valence-corrected chi connectivity index (χ2v) is 8.18. The van der Waals surface area contributed by atoms with Crippen molar-refractivity contribution in [3.05, 3.63) is 35.1 Å². The Morgan fingerprint density at radius 1 is 1.26 bits per heavy atom. The first kappa shape index (κ1) is 20.0. The van der Waals surface area contributed by atoms with Crippen molar-refractivity contribution in [2.75, 3.05) is 12.3 Å². The summed E-state index contributed by atoms with van der Waals surface area (Å²) in [6, 6.07) is 7.18. The molecule has 0 radical (unpaired) electrons. The Hall–Kier alpha value is -1.73. The first-order valence-corrected chi connectivity index (χ1v) is 10.6. The molecule has 1 N–H and O–H groups in total. The summed E-state index contributed by atoms with van der Waals surface area (Å²) in [6.45, 7) is 1.10. The number of benzene rings is 1. The van der Waals surface area contributed by atoms with Crippen molar-refractivity contribution in [1.82, 2.24) is 20.1 Å². The third-order valence-corrected chi connectivity index (χ3v) is 6.02. The second kappa shape index (κ2) is 9.99. The lowest BCUT2D eigenvalue weighted by Gasteiger charge is -2.21. The quantitative estimate of drug-likeness (QED) is 0.672. The van der Waals surface area contributed by atoms with Crippen molar-refractivity contribution in [3.8, 4) is 5.75 Å². The summed E-state index contributed by atoms with van der Waals surface area (Å²) in [7, 11) is 1.88. The van der Waals surface area contributed by atoms with E-state index >= 15 is 0 Å². The molecule has 1 aromatic carbocycles. The number of carbonyl (C=O) groups is 1. The van der Waals surface area contributed by atoms with Crippen LogP contribution in [0.2, 0.25) is 5.02 Å². The van der Waals surface area contributed by atoms with E-state index in [0.717, 1.165) is 12.3 Å². The Labute approximate surface area is 169 Å². The zero-order valence-electron chi connectivity index (χ0n) is 15.5. The molecule has 8 heteroatoms. The van der Waals surface area contributed by atoms with Gasteiger partial charge in [0.1, 0.15) is 12.4 Å². The molecule has 1 fully saturated rings. The molecule has 0 unspecified atom stereocenters. The molecule has 1 aliphatic rings. The number of amides is 1. The molecular formula is C19H25ClN4O2S. The van der Waals surface area contributed by atoms with E-state index in [0.29, 0.717) is 34.3 Å². The van der Waals surface area contributed by atoms with Crippen LogP contribution in [-0.2, 0) is 18.4 Å². The van der Waals surface area contributed by atoms with Crippen molar-refractivity contribution in [1.29, 1.82) is 0 Å². The van der Waals surface area contributed by atoms with Gasteiger partial charge in [0.05, 0.1) is 5.75 Å². The van der Waals surface area contributed by atoms with Crippen molar-refractivity contribution in [3.63, 3.8) is 0 Å². The van der Waals surface area contributed by atoms with Gasteiger partial charge in [-0.05, 0) is 43.0 Å². The molecule has 2 aromatic rings. The lowest BCUT2D eigenvalue weighted by atomic mass is 9.89. The molecule has 6 nitrogen and oxygen atoms in total. The van der Waals surface area contributed by atoms with Crippen LogP contribution in [0.3, 0.4) is 0 Å². The van der Waals surface area contributed by atoms with Crippen molar-refractivity contribution >= 4 is 29.3 Å². The summed E-state index contributed by atoms with van der Waals surface area (Å²) in [5.41, 5.74) is 0. The minimum absolute atomic E-state index is 0.0486. The molecule has 1 amide bonds. The summed E-state index contributed by atoms with van der Waals surface area (Å²) in [5.74, 6) is 2.46. The smallest absolute Gasteiger partial charge is 0.230 e. The summed E-state index contributed by atoms with van der Waals surface area (Å²) in [6.07, 6.45) is 6.36. The fourth-order valence-electron chi connectivity index (χ4n) is 3.11. The Morgan fingerprint density at radius 2 is 2.00 bits per heavy atom. The second-order valence-electron chi connectivity index (χ2n) is 6.80. The Kier molecular flexibility index (Phi) is 7.41. The highest BCUT2D eigenvalue weighted by Gasteiger charge is 2.15. The van der Waals surface area contributed by atoms with Gasteiger partial charge in [-0.1, -0.05) is 42.6 Å². The maximum atomic E-state index is 12.1. The van der Waals surface area contributed by atoms with Gasteiger partial charge in [-0.25, -0.2) is 0 Å². The number of hydrogen-bond acceptors (Lipinski definition) is 5. The molecule has 0 atom stereocenters. The van der Waals surface area contributed by atoms with Crippen LogP contribution in [0.1, 0.15) is 37.9 Å². The number of halogens is 1. The van der Waals surface area contributed by atoms with Crippen LogP contribution in [0.15, 0.2) is 29.4 Å². The van der Waals surface area contributed by atoms with Gasteiger partial charge in [0.15, 0.2) is 11.0 Å². The van der Waals surface area contributed by atoms with E-state index in [2.05, 4.69) is 15.5 Å². The van der Waals surface area contributed by atoms with Crippen LogP contribution < -0.4 is 10.1 Å². The van der Waals surface area contributed by atoms with E-state index in [9.17, 15) is 4.79 Å². The molecule has 1 heterocycles. The number of carbonyl (C=O) groups excluding carboxylic acids is 1. The van der Waals surface area contributed by atoms with Crippen molar-refractivity contribution in [2.24, 2.45) is 13.0 Å². The van der Waals surface area contributed by atoms with E-state index < -0.39 is 0 Å². The molecule has 27 heavy (non-hydrogen) atoms. The minimum Gasteiger partial charge on any atom is -0.486 e. The van der Waals surface area contributed by atoms with Crippen LogP contribution in [0.5, 0.6) is 5.75 Å². The third kappa shape index (κ3) is 6.14. The van der Waals surface area contributed by atoms with E-state index in [1.807, 2.05) is 23.7 Å². The van der Waals surface area contributed by atoms with Gasteiger partial charge in [-0.3, -0.25) is 4.79 Å². The van der Waals surface area contributed by atoms with Gasteiger partial charge in [0, 0.05) is 18.6 Å². The number of aromatic nitrogens is 3. The number of nitrogens with zero attached hydrogens (tertiary/aromatic N) is 3. The zero-order chi connectivity index (χ0) is 19.1. The van der Waals surface area contributed by atoms with Gasteiger partial charge in [0.2, 0.25) is 5.91 Å². The predicted octanol–water partition coefficient (Wildman–Crippen LogP) is 3.84. The van der Waals surface area contributed by atoms with E-state index in [1.165, 1.54) is 43.9 Å². The summed E-state index contributed by atoms with van der Waals surface area (Å²) in [4.78, 5) is 12.1. The van der Waals surface area contributed by atoms with Crippen LogP contribution in [0.4, 0.5) is 0 Å². The molecule has 3 rings (SSSR count). The SMILES string of the molecule is Cn1c(COc2ccc(Cl)cc2)nnc1SCC(=O)NCC1CCCCC1. The summed E-state index contributed by atoms with van der Waals surface area (Å²) >= 11 is 7.26. The zero-order valence-corrected chi connectivity index (χ0v) is 17.1. The topological polar surface area (TPSA) is 69.0 Å². The molecule has 0 aliphatic heterocycles. The van der Waals surface area contributed by atoms with Gasteiger partial charge in [-0.15, -0.1) is 10.2 Å². The molecule has 0 spiro atoms. The standard InChI is InChI=1S/C19H25ClN4O2S/c1-24-17(12-26-16-9-7-15(20)8-10-16)22-23-19(24)27-13-18(25)21-11-14-5-3-2-4-6-14/h7-10,14H,2-6,11-13H2,1H3,(H,21,25). The van der Waals surface area contributed by atoms with Gasteiger partial charge in [0.25, 0.3) is 0 Å². The fourth-order valence-corrected chi connectivity index (χ4v) is 3.99. The van der Waals surface area contributed by atoms with E-state index in [-0.39, 0.29) is 5.91 Å². The maximum Gasteiger partial charge on any atom is 0.230 e. The average Bonchev–Trinajstić information content (AvgIpc) is 3.05. The summed E-state index contributed by atoms with van der Waals surface area (Å²) in [5, 5.41) is 12.7. The molecular weight excluding hydrogens is 384 g/mol. The first-order chi connectivity index (χ1) is 13.1. The Balaban J connectivity index is 1.42. The highest BCUT2D eigenvalue weighted by molar-refractivity contribution is 7.99. The highest BCUT2D eigenvalue weighted by atomic mass is 35.5. The number of ether oxygens (including phenoxy) is 1. The van der Waals surface area contributed by atoms with Crippen molar-refractivity contribution < 1.29 is 9.53 Å². The van der Waals surface area contributed by atoms with Crippen LogP contribution >= 0.6 is 23.4 Å². The maximum absolute atomic E-state index is 12.1. The van der Waals surface area contributed by atoms with Gasteiger partial charge in [-0.2, -0.15) is 0 Å². The number of nitrogens with one attached hydrogen (secondary N) is 1. The third-order valence-electron chi connectivity index (χ3n) is 4.75. The van der Waals surface area contributed by atoms with Gasteiger partial charge < -0.3 is 14.6 Å². The Bertz CT molecular complexity index is 745. The normalized spacial score (nSPS) is 14.9. The predicted molar refractivity (Wildman–Crippen MR) is 107 cm³/mol. The van der Waals surface area contributed by atoms with Crippen LogP contribution in [0, 0.1) is 5.92 Å². The fraction of sp³-hybridized carbons (Fsp3) is 0.526. The molecule has 1 aliphatic carbocycles. The van der Waals surface area contributed by atoms with Crippen LogP contribution in [-0.4, -0.2) is 33.0 Å². The first-order valence-electron chi connectivity index (χ1n) is 9.28. The van der Waals surface area contributed by atoms with Gasteiger partial charge >= 0.3 is 0 Å². The molecule has 146 valence electrons. The lowest BCUT2D eigenvalue weighted by Crippen LogP contribution is -2.31. The molecule has 0 bridgehead atoms. The number of rotatable bonds is 8. The van der Waals surface area contributed by atoms with E-state index in [4.69, 9.17) is 16.3 Å². The highest BCUT2D eigenvalue weighted by Crippen LogP contribution is 2.23. The number of hydrogen-bond donors (Lipinski definition) is 1. The van der Waals surface area contributed by atoms with E-state index in [1.54, 1.807) is 12.1 Å². The summed E-state index contributed by atoms with van der Waals surface area (Å²) < 4.78 is 7.56. The minimum atomic E-state index is 0.0486. The largest absolute Gasteiger partial charge is 0.486 e. The van der Waals surface area contributed by atoms with Crippen molar-refractivity contribution in [2.45, 2.75) is 43.9 Å². The molecule has 0 saturated heterocycles. The molecule has 1 saturated carbocycles. The average molecular weight is 409 g/mol. The Morgan fingerprint density at radius 3 is 2.74 bits per heavy atom. The number of thioether (sulfide) groups is 1. The van der Waals surface area contributed by atoms with Crippen LogP contribution in [0.25, 0.3) is 0 Å². The monoisotopic (exact) mass is 408 g/mol.